The molecule has 2 aromatic heterocycles. The highest BCUT2D eigenvalue weighted by Gasteiger charge is 2.26. The summed E-state index contributed by atoms with van der Waals surface area (Å²) in [5.74, 6) is -1.21. The van der Waals surface area contributed by atoms with Gasteiger partial charge in [-0.15, -0.1) is 0 Å². The number of aromatic nitrogens is 4. The van der Waals surface area contributed by atoms with Crippen LogP contribution in [0.15, 0.2) is 14.4 Å². The highest BCUT2D eigenvalue weighted by Crippen LogP contribution is 2.07. The van der Waals surface area contributed by atoms with Crippen molar-refractivity contribution >= 4 is 17.1 Å². The highest BCUT2D eigenvalue weighted by atomic mass is 16.4. The summed E-state index contributed by atoms with van der Waals surface area (Å²) in [5, 5.41) is 46.8. The first kappa shape index (κ1) is 20.4. The Balaban J connectivity index is 2.62. The Kier molecular flexibility index (Phi) is 6.22. The molecule has 2 heterocycles. The van der Waals surface area contributed by atoms with E-state index in [0.29, 0.717) is 0 Å². The van der Waals surface area contributed by atoms with Gasteiger partial charge in [0.25, 0.3) is 11.1 Å². The van der Waals surface area contributed by atoms with Crippen molar-refractivity contribution in [3.8, 4) is 0 Å². The number of carbonyl (C=O) groups is 1. The monoisotopic (exact) mass is 386 g/mol. The lowest BCUT2D eigenvalue weighted by Crippen LogP contribution is -2.44. The van der Waals surface area contributed by atoms with E-state index in [1.807, 2.05) is 4.98 Å². The lowest BCUT2D eigenvalue weighted by molar-refractivity contribution is -0.136. The number of aliphatic carboxylic acids is 1. The van der Waals surface area contributed by atoms with Gasteiger partial charge in [-0.1, -0.05) is 0 Å². The van der Waals surface area contributed by atoms with Crippen molar-refractivity contribution in [2.45, 2.75) is 37.7 Å². The summed E-state index contributed by atoms with van der Waals surface area (Å²) in [7, 11) is 0. The van der Waals surface area contributed by atoms with Crippen molar-refractivity contribution in [3.05, 3.63) is 36.9 Å². The zero-order chi connectivity index (χ0) is 20.3. The normalized spacial score (nSPS) is 14.8. The SMILES string of the molecule is O=C(O)CCc1nc2c(=O)[nH]c(=O)[nH]c2n(C[C@H](O)[C@@H](O)[C@H](O)CO)c1=O. The number of rotatable bonds is 8. The van der Waals surface area contributed by atoms with E-state index < -0.39 is 60.7 Å². The fourth-order valence-corrected chi connectivity index (χ4v) is 2.43. The Morgan fingerprint density at radius 3 is 2.37 bits per heavy atom. The first-order valence-corrected chi connectivity index (χ1v) is 7.78. The van der Waals surface area contributed by atoms with Crippen LogP contribution in [0.4, 0.5) is 0 Å². The summed E-state index contributed by atoms with van der Waals surface area (Å²) in [4.78, 5) is 54.7. The summed E-state index contributed by atoms with van der Waals surface area (Å²) in [6.07, 6.45) is -6.06. The van der Waals surface area contributed by atoms with E-state index in [1.54, 1.807) is 0 Å². The molecule has 13 heteroatoms. The van der Waals surface area contributed by atoms with Gasteiger partial charge in [0, 0.05) is 6.42 Å². The van der Waals surface area contributed by atoms with E-state index in [-0.39, 0.29) is 23.3 Å². The average molecular weight is 386 g/mol. The molecule has 13 nitrogen and oxygen atoms in total. The van der Waals surface area contributed by atoms with Crippen LogP contribution in [-0.4, -0.2) is 75.9 Å². The molecular formula is C14H18N4O9. The molecule has 0 aliphatic carbocycles. The predicted octanol–water partition coefficient (Wildman–Crippen LogP) is -4.13. The van der Waals surface area contributed by atoms with Crippen LogP contribution >= 0.6 is 0 Å². The van der Waals surface area contributed by atoms with Crippen LogP contribution in [0.1, 0.15) is 12.1 Å². The number of carboxylic acids is 1. The minimum Gasteiger partial charge on any atom is -0.481 e. The Hall–Kier alpha value is -2.87. The number of aliphatic hydroxyl groups excluding tert-OH is 4. The van der Waals surface area contributed by atoms with E-state index in [1.165, 1.54) is 0 Å². The molecule has 148 valence electrons. The zero-order valence-electron chi connectivity index (χ0n) is 13.8. The molecule has 0 radical (unpaired) electrons. The quantitative estimate of drug-likeness (QED) is 0.232. The Bertz CT molecular complexity index is 1010. The second kappa shape index (κ2) is 8.22. The molecule has 0 amide bonds. The molecule has 0 saturated carbocycles. The van der Waals surface area contributed by atoms with Crippen LogP contribution in [-0.2, 0) is 17.8 Å². The molecule has 0 unspecified atom stereocenters. The molecule has 0 spiro atoms. The van der Waals surface area contributed by atoms with Crippen LogP contribution < -0.4 is 16.8 Å². The molecule has 3 atom stereocenters. The number of aliphatic hydroxyl groups is 4. The molecule has 0 aromatic carbocycles. The number of H-pyrrole nitrogens is 2. The Morgan fingerprint density at radius 1 is 1.11 bits per heavy atom. The molecule has 2 aromatic rings. The number of hydrogen-bond donors (Lipinski definition) is 7. The molecule has 27 heavy (non-hydrogen) atoms. The van der Waals surface area contributed by atoms with Crippen LogP contribution in [0.3, 0.4) is 0 Å². The third-order valence-electron chi connectivity index (χ3n) is 3.83. The van der Waals surface area contributed by atoms with Gasteiger partial charge in [-0.3, -0.25) is 28.9 Å². The third-order valence-corrected chi connectivity index (χ3v) is 3.83. The zero-order valence-corrected chi connectivity index (χ0v) is 13.8. The number of carboxylic acid groups (broad SMARTS) is 1. The van der Waals surface area contributed by atoms with Gasteiger partial charge in [0.1, 0.15) is 29.7 Å². The van der Waals surface area contributed by atoms with E-state index in [4.69, 9.17) is 10.2 Å². The summed E-state index contributed by atoms with van der Waals surface area (Å²) >= 11 is 0. The fourth-order valence-electron chi connectivity index (χ4n) is 2.43. The lowest BCUT2D eigenvalue weighted by atomic mass is 10.1. The minimum atomic E-state index is -1.83. The van der Waals surface area contributed by atoms with Gasteiger partial charge in [-0.25, -0.2) is 9.78 Å². The Labute approximate surface area is 149 Å². The van der Waals surface area contributed by atoms with Gasteiger partial charge in [0.05, 0.1) is 19.6 Å². The maximum absolute atomic E-state index is 12.6. The molecule has 2 rings (SSSR count). The van der Waals surface area contributed by atoms with Crippen LogP contribution in [0.25, 0.3) is 11.2 Å². The maximum Gasteiger partial charge on any atom is 0.327 e. The number of nitrogens with zero attached hydrogens (tertiary/aromatic N) is 2. The second-order valence-corrected chi connectivity index (χ2v) is 5.78. The smallest absolute Gasteiger partial charge is 0.327 e. The average Bonchev–Trinajstić information content (AvgIpc) is 2.61. The first-order valence-electron chi connectivity index (χ1n) is 7.78. The van der Waals surface area contributed by atoms with E-state index in [2.05, 4.69) is 9.97 Å². The molecular weight excluding hydrogens is 368 g/mol. The standard InChI is InChI=1S/C14H18N4O9/c19-4-7(21)10(24)6(20)3-18-11-9(12(25)17-14(27)16-11)15-5(13(18)26)1-2-8(22)23/h6-7,10,19-21,24H,1-4H2,(H,22,23)(H2,16,17,25,27)/t6-,7+,10+/m0/s1. The Morgan fingerprint density at radius 2 is 1.78 bits per heavy atom. The molecule has 0 aliphatic rings. The van der Waals surface area contributed by atoms with Gasteiger partial charge in [-0.05, 0) is 0 Å². The van der Waals surface area contributed by atoms with Crippen molar-refractivity contribution in [1.82, 2.24) is 19.5 Å². The van der Waals surface area contributed by atoms with Gasteiger partial charge in [-0.2, -0.15) is 0 Å². The van der Waals surface area contributed by atoms with Crippen molar-refractivity contribution in [3.63, 3.8) is 0 Å². The predicted molar refractivity (Wildman–Crippen MR) is 88.3 cm³/mol. The number of hydrogen-bond acceptors (Lipinski definition) is 9. The topological polar surface area (TPSA) is 219 Å². The maximum atomic E-state index is 12.6. The van der Waals surface area contributed by atoms with Crippen LogP contribution in [0.2, 0.25) is 0 Å². The van der Waals surface area contributed by atoms with Crippen LogP contribution in [0.5, 0.6) is 0 Å². The number of aromatic amines is 2. The number of fused-ring (bicyclic) bond motifs is 1. The van der Waals surface area contributed by atoms with Crippen molar-refractivity contribution in [2.24, 2.45) is 0 Å². The summed E-state index contributed by atoms with van der Waals surface area (Å²) in [6.45, 7) is -1.53. The highest BCUT2D eigenvalue weighted by molar-refractivity contribution is 5.69. The van der Waals surface area contributed by atoms with Gasteiger partial charge < -0.3 is 25.5 Å². The fraction of sp³-hybridized carbons (Fsp3) is 0.500. The second-order valence-electron chi connectivity index (χ2n) is 5.78. The first-order chi connectivity index (χ1) is 12.6. The van der Waals surface area contributed by atoms with Gasteiger partial charge in [0.15, 0.2) is 5.52 Å². The van der Waals surface area contributed by atoms with E-state index in [9.17, 15) is 34.5 Å². The van der Waals surface area contributed by atoms with Gasteiger partial charge in [0.2, 0.25) is 0 Å². The minimum absolute atomic E-state index is 0.299. The van der Waals surface area contributed by atoms with Crippen molar-refractivity contribution < 1.29 is 30.3 Å². The molecule has 0 fully saturated rings. The molecule has 0 bridgehead atoms. The van der Waals surface area contributed by atoms with Gasteiger partial charge >= 0.3 is 11.7 Å². The van der Waals surface area contributed by atoms with Crippen molar-refractivity contribution in [2.75, 3.05) is 6.61 Å². The molecule has 0 saturated heterocycles. The molecule has 7 N–H and O–H groups in total. The largest absolute Gasteiger partial charge is 0.481 e. The lowest BCUT2D eigenvalue weighted by Gasteiger charge is -2.22. The molecule has 0 aliphatic heterocycles. The number of aryl methyl sites for hydroxylation is 1. The van der Waals surface area contributed by atoms with Crippen LogP contribution in [0, 0.1) is 0 Å². The van der Waals surface area contributed by atoms with E-state index in [0.717, 1.165) is 4.57 Å². The summed E-state index contributed by atoms with van der Waals surface area (Å²) < 4.78 is 0.744. The van der Waals surface area contributed by atoms with E-state index >= 15 is 0 Å². The van der Waals surface area contributed by atoms with Crippen molar-refractivity contribution in [1.29, 1.82) is 0 Å². The number of nitrogens with one attached hydrogen (secondary N) is 2. The summed E-state index contributed by atoms with van der Waals surface area (Å²) in [6, 6.07) is 0. The summed E-state index contributed by atoms with van der Waals surface area (Å²) in [5.41, 5.74) is -3.81. The third kappa shape index (κ3) is 4.46.